The maximum Gasteiger partial charge on any atom is 0.251 e. The van der Waals surface area contributed by atoms with E-state index in [4.69, 9.17) is 4.52 Å². The molecule has 29 heavy (non-hydrogen) atoms. The van der Waals surface area contributed by atoms with E-state index < -0.39 is 6.04 Å². The van der Waals surface area contributed by atoms with Crippen molar-refractivity contribution in [3.8, 4) is 11.4 Å². The average Bonchev–Trinajstić information content (AvgIpc) is 3.25. The van der Waals surface area contributed by atoms with Crippen LogP contribution in [-0.2, 0) is 6.42 Å². The zero-order chi connectivity index (χ0) is 20.1. The number of aryl methyl sites for hydroxylation is 1. The molecule has 0 fully saturated rings. The third kappa shape index (κ3) is 4.58. The van der Waals surface area contributed by atoms with Gasteiger partial charge in [0, 0.05) is 17.5 Å². The molecule has 0 saturated carbocycles. The topological polar surface area (TPSA) is 68.0 Å². The lowest BCUT2D eigenvalue weighted by atomic mass is 10.1. The van der Waals surface area contributed by atoms with Gasteiger partial charge in [0.05, 0.1) is 0 Å². The minimum atomic E-state index is -0.434. The Balaban J connectivity index is 1.62. The maximum absolute atomic E-state index is 12.7. The van der Waals surface area contributed by atoms with E-state index in [1.165, 1.54) is 0 Å². The highest BCUT2D eigenvalue weighted by Crippen LogP contribution is 2.22. The van der Waals surface area contributed by atoms with Crippen LogP contribution >= 0.6 is 0 Å². The molecule has 3 aromatic carbocycles. The van der Waals surface area contributed by atoms with E-state index in [2.05, 4.69) is 15.5 Å². The summed E-state index contributed by atoms with van der Waals surface area (Å²) in [5.74, 6) is 0.715. The van der Waals surface area contributed by atoms with Crippen LogP contribution in [0.3, 0.4) is 0 Å². The van der Waals surface area contributed by atoms with Gasteiger partial charge in [-0.3, -0.25) is 4.79 Å². The summed E-state index contributed by atoms with van der Waals surface area (Å²) in [7, 11) is 0. The molecule has 0 aliphatic rings. The fourth-order valence-electron chi connectivity index (χ4n) is 3.16. The number of rotatable bonds is 6. The molecule has 0 aliphatic carbocycles. The second kappa shape index (κ2) is 8.52. The largest absolute Gasteiger partial charge is 0.340 e. The van der Waals surface area contributed by atoms with Crippen LogP contribution in [0.1, 0.15) is 33.4 Å². The van der Waals surface area contributed by atoms with Crippen LogP contribution in [0.2, 0.25) is 0 Å². The molecule has 0 bridgehead atoms. The number of carbonyl (C=O) groups is 1. The third-order valence-corrected chi connectivity index (χ3v) is 4.64. The number of amides is 1. The van der Waals surface area contributed by atoms with Crippen molar-refractivity contribution >= 4 is 5.91 Å². The first kappa shape index (κ1) is 18.6. The van der Waals surface area contributed by atoms with Crippen LogP contribution in [-0.4, -0.2) is 16.0 Å². The predicted molar refractivity (Wildman–Crippen MR) is 111 cm³/mol. The van der Waals surface area contributed by atoms with E-state index in [1.54, 1.807) is 12.1 Å². The molecular weight excluding hydrogens is 362 g/mol. The van der Waals surface area contributed by atoms with Gasteiger partial charge >= 0.3 is 0 Å². The number of carbonyl (C=O) groups excluding carboxylic acids is 1. The van der Waals surface area contributed by atoms with Crippen molar-refractivity contribution in [3.63, 3.8) is 0 Å². The fourth-order valence-corrected chi connectivity index (χ4v) is 3.16. The average molecular weight is 383 g/mol. The van der Waals surface area contributed by atoms with E-state index in [9.17, 15) is 4.79 Å². The Morgan fingerprint density at radius 2 is 1.69 bits per heavy atom. The molecule has 1 amide bonds. The van der Waals surface area contributed by atoms with Gasteiger partial charge in [-0.2, -0.15) is 4.98 Å². The van der Waals surface area contributed by atoms with Crippen molar-refractivity contribution in [1.29, 1.82) is 0 Å². The molecule has 0 aliphatic heterocycles. The van der Waals surface area contributed by atoms with Crippen molar-refractivity contribution < 1.29 is 9.32 Å². The minimum absolute atomic E-state index is 0.179. The molecule has 5 nitrogen and oxygen atoms in total. The highest BCUT2D eigenvalue weighted by atomic mass is 16.5. The molecule has 1 N–H and O–H groups in total. The first-order valence-corrected chi connectivity index (χ1v) is 9.49. The molecule has 1 heterocycles. The van der Waals surface area contributed by atoms with E-state index >= 15 is 0 Å². The van der Waals surface area contributed by atoms with Gasteiger partial charge in [-0.05, 0) is 30.7 Å². The Morgan fingerprint density at radius 3 is 2.41 bits per heavy atom. The molecule has 144 valence electrons. The van der Waals surface area contributed by atoms with Gasteiger partial charge in [-0.15, -0.1) is 0 Å². The van der Waals surface area contributed by atoms with E-state index in [0.717, 1.165) is 16.7 Å². The van der Waals surface area contributed by atoms with Crippen molar-refractivity contribution in [2.45, 2.75) is 19.4 Å². The highest BCUT2D eigenvalue weighted by molar-refractivity contribution is 5.94. The molecular formula is C24H21N3O2. The number of nitrogens with zero attached hydrogens (tertiary/aromatic N) is 2. The fraction of sp³-hybridized carbons (Fsp3) is 0.125. The Morgan fingerprint density at radius 1 is 0.966 bits per heavy atom. The van der Waals surface area contributed by atoms with E-state index in [-0.39, 0.29) is 5.91 Å². The summed E-state index contributed by atoms with van der Waals surface area (Å²) in [5.41, 5.74) is 3.66. The van der Waals surface area contributed by atoms with Crippen molar-refractivity contribution in [3.05, 3.63) is 108 Å². The Bertz CT molecular complexity index is 1090. The first-order valence-electron chi connectivity index (χ1n) is 9.49. The number of aromatic nitrogens is 2. The minimum Gasteiger partial charge on any atom is -0.340 e. The molecule has 0 radical (unpaired) electrons. The highest BCUT2D eigenvalue weighted by Gasteiger charge is 2.23. The Labute approximate surface area is 169 Å². The monoisotopic (exact) mass is 383 g/mol. The third-order valence-electron chi connectivity index (χ3n) is 4.64. The van der Waals surface area contributed by atoms with Crippen molar-refractivity contribution in [2.24, 2.45) is 0 Å². The second-order valence-corrected chi connectivity index (χ2v) is 6.91. The molecule has 1 atom stereocenters. The van der Waals surface area contributed by atoms with Crippen LogP contribution in [0.15, 0.2) is 89.5 Å². The molecule has 4 rings (SSSR count). The van der Waals surface area contributed by atoms with Gasteiger partial charge in [-0.25, -0.2) is 0 Å². The van der Waals surface area contributed by atoms with Crippen molar-refractivity contribution in [1.82, 2.24) is 15.5 Å². The lowest BCUT2D eigenvalue weighted by Gasteiger charge is -2.15. The SMILES string of the molecule is Cc1cccc(-c2noc([C@H](Cc3ccccc3)NC(=O)c3ccccc3)n2)c1. The van der Waals surface area contributed by atoms with Gasteiger partial charge in [0.25, 0.3) is 5.91 Å². The summed E-state index contributed by atoms with van der Waals surface area (Å²) < 4.78 is 5.55. The summed E-state index contributed by atoms with van der Waals surface area (Å²) in [4.78, 5) is 17.3. The number of benzene rings is 3. The van der Waals surface area contributed by atoms with Gasteiger partial charge in [0.1, 0.15) is 6.04 Å². The molecule has 4 aromatic rings. The zero-order valence-corrected chi connectivity index (χ0v) is 16.1. The van der Waals surface area contributed by atoms with Gasteiger partial charge in [0.15, 0.2) is 0 Å². The Hall–Kier alpha value is -3.73. The summed E-state index contributed by atoms with van der Waals surface area (Å²) in [6.45, 7) is 2.02. The van der Waals surface area contributed by atoms with Crippen LogP contribution in [0, 0.1) is 6.92 Å². The molecule has 1 aromatic heterocycles. The molecule has 0 saturated heterocycles. The second-order valence-electron chi connectivity index (χ2n) is 6.91. The summed E-state index contributed by atoms with van der Waals surface area (Å²) >= 11 is 0. The first-order chi connectivity index (χ1) is 14.2. The molecule has 0 unspecified atom stereocenters. The lowest BCUT2D eigenvalue weighted by molar-refractivity contribution is 0.0928. The molecule has 5 heteroatoms. The smallest absolute Gasteiger partial charge is 0.251 e. The molecule has 0 spiro atoms. The van der Waals surface area contributed by atoms with Crippen LogP contribution in [0.4, 0.5) is 0 Å². The van der Waals surface area contributed by atoms with Crippen LogP contribution < -0.4 is 5.32 Å². The number of hydrogen-bond donors (Lipinski definition) is 1. The standard InChI is InChI=1S/C24H21N3O2/c1-17-9-8-14-20(15-17)22-26-24(29-27-22)21(16-18-10-4-2-5-11-18)25-23(28)19-12-6-3-7-13-19/h2-15,21H,16H2,1H3,(H,25,28)/t21-/m0/s1. The van der Waals surface area contributed by atoms with E-state index in [1.807, 2.05) is 79.7 Å². The lowest BCUT2D eigenvalue weighted by Crippen LogP contribution is -2.30. The van der Waals surface area contributed by atoms with Crippen LogP contribution in [0.5, 0.6) is 0 Å². The Kier molecular flexibility index (Phi) is 5.47. The van der Waals surface area contributed by atoms with Crippen molar-refractivity contribution in [2.75, 3.05) is 0 Å². The van der Waals surface area contributed by atoms with E-state index in [0.29, 0.717) is 23.7 Å². The summed E-state index contributed by atoms with van der Waals surface area (Å²) in [5, 5.41) is 7.17. The van der Waals surface area contributed by atoms with Gasteiger partial charge in [0.2, 0.25) is 11.7 Å². The quantitative estimate of drug-likeness (QED) is 0.521. The summed E-state index contributed by atoms with van der Waals surface area (Å²) in [6.07, 6.45) is 0.550. The normalized spacial score (nSPS) is 11.8. The van der Waals surface area contributed by atoms with Gasteiger partial charge < -0.3 is 9.84 Å². The van der Waals surface area contributed by atoms with Crippen LogP contribution in [0.25, 0.3) is 11.4 Å². The van der Waals surface area contributed by atoms with Gasteiger partial charge in [-0.1, -0.05) is 77.5 Å². The maximum atomic E-state index is 12.7. The number of hydrogen-bond acceptors (Lipinski definition) is 4. The summed E-state index contributed by atoms with van der Waals surface area (Å²) in [6, 6.07) is 26.5. The predicted octanol–water partition coefficient (Wildman–Crippen LogP) is 4.76. The number of nitrogens with one attached hydrogen (secondary N) is 1. The zero-order valence-electron chi connectivity index (χ0n) is 16.1.